The summed E-state index contributed by atoms with van der Waals surface area (Å²) in [7, 11) is -3.92. The second kappa shape index (κ2) is 9.36. The number of rotatable bonds is 6. The van der Waals surface area contributed by atoms with Crippen molar-refractivity contribution < 1.29 is 18.0 Å². The van der Waals surface area contributed by atoms with Gasteiger partial charge in [0.1, 0.15) is 6.33 Å². The molecule has 0 saturated carbocycles. The smallest absolute Gasteiger partial charge is 0.264 e. The Bertz CT molecular complexity index is 1230. The van der Waals surface area contributed by atoms with Crippen molar-refractivity contribution in [3.8, 4) is 5.82 Å². The third kappa shape index (κ3) is 5.34. The van der Waals surface area contributed by atoms with E-state index in [1.54, 1.807) is 23.3 Å². The van der Waals surface area contributed by atoms with Crippen molar-refractivity contribution in [2.45, 2.75) is 24.7 Å². The van der Waals surface area contributed by atoms with Crippen LogP contribution in [0.4, 0.5) is 11.5 Å². The molecule has 33 heavy (non-hydrogen) atoms. The van der Waals surface area contributed by atoms with Gasteiger partial charge in [-0.05, 0) is 49.2 Å². The van der Waals surface area contributed by atoms with Crippen LogP contribution in [-0.4, -0.2) is 53.1 Å². The first-order valence-electron chi connectivity index (χ1n) is 10.3. The number of hydrogen-bond donors (Lipinski definition) is 2. The summed E-state index contributed by atoms with van der Waals surface area (Å²) in [6.07, 6.45) is 6.66. The molecule has 0 spiro atoms. The highest BCUT2D eigenvalue weighted by molar-refractivity contribution is 7.90. The van der Waals surface area contributed by atoms with E-state index >= 15 is 0 Å². The molecule has 12 heteroatoms. The Morgan fingerprint density at radius 2 is 1.79 bits per heavy atom. The van der Waals surface area contributed by atoms with E-state index in [-0.39, 0.29) is 16.7 Å². The number of hydrogen-bond acceptors (Lipinski definition) is 8. The SMILES string of the molecule is CC(=O)NS(=O)(=O)c1ccc(NC(=O)C2CCCN(c3ccc(-n4ccnc4)nn3)C2)cc1. The Morgan fingerprint density at radius 3 is 2.42 bits per heavy atom. The highest BCUT2D eigenvalue weighted by atomic mass is 32.2. The molecule has 4 rings (SSSR count). The van der Waals surface area contributed by atoms with E-state index in [4.69, 9.17) is 0 Å². The van der Waals surface area contributed by atoms with Crippen LogP contribution in [0.25, 0.3) is 5.82 Å². The van der Waals surface area contributed by atoms with E-state index in [0.29, 0.717) is 23.9 Å². The topological polar surface area (TPSA) is 139 Å². The fraction of sp³-hybridized carbons (Fsp3) is 0.286. The minimum Gasteiger partial charge on any atom is -0.354 e. The van der Waals surface area contributed by atoms with Crippen LogP contribution in [0, 0.1) is 5.92 Å². The van der Waals surface area contributed by atoms with Crippen molar-refractivity contribution in [3.63, 3.8) is 0 Å². The van der Waals surface area contributed by atoms with Crippen LogP contribution in [0.3, 0.4) is 0 Å². The number of carbonyl (C=O) groups excluding carboxylic acids is 2. The molecule has 1 saturated heterocycles. The largest absolute Gasteiger partial charge is 0.354 e. The molecule has 0 radical (unpaired) electrons. The summed E-state index contributed by atoms with van der Waals surface area (Å²) in [6, 6.07) is 9.39. The molecule has 1 unspecified atom stereocenters. The molecular formula is C21H23N7O4S. The minimum absolute atomic E-state index is 0.0581. The number of amides is 2. The highest BCUT2D eigenvalue weighted by Crippen LogP contribution is 2.23. The van der Waals surface area contributed by atoms with E-state index in [2.05, 4.69) is 20.5 Å². The number of carbonyl (C=O) groups is 2. The predicted molar refractivity (Wildman–Crippen MR) is 120 cm³/mol. The van der Waals surface area contributed by atoms with Gasteiger partial charge in [0.15, 0.2) is 11.6 Å². The standard InChI is InChI=1S/C21H23N7O4S/c1-15(29)26-33(31,32)18-6-4-17(5-7-18)23-21(30)16-3-2-11-27(13-16)19-8-9-20(25-24-19)28-12-10-22-14-28/h4-10,12,14,16H,2-3,11,13H2,1H3,(H,23,30)(H,26,29). The normalized spacial score (nSPS) is 16.3. The maximum absolute atomic E-state index is 12.8. The molecule has 3 aromatic rings. The van der Waals surface area contributed by atoms with E-state index in [1.165, 1.54) is 24.3 Å². The second-order valence-corrected chi connectivity index (χ2v) is 9.36. The van der Waals surface area contributed by atoms with Gasteiger partial charge in [0, 0.05) is 38.1 Å². The van der Waals surface area contributed by atoms with Gasteiger partial charge >= 0.3 is 0 Å². The van der Waals surface area contributed by atoms with Gasteiger partial charge in [0.05, 0.1) is 10.8 Å². The van der Waals surface area contributed by atoms with Gasteiger partial charge in [-0.25, -0.2) is 18.1 Å². The average Bonchev–Trinajstić information content (AvgIpc) is 3.34. The number of sulfonamides is 1. The molecule has 0 aliphatic carbocycles. The fourth-order valence-electron chi connectivity index (χ4n) is 3.63. The van der Waals surface area contributed by atoms with Gasteiger partial charge in [0.2, 0.25) is 11.8 Å². The molecular weight excluding hydrogens is 446 g/mol. The van der Waals surface area contributed by atoms with E-state index in [9.17, 15) is 18.0 Å². The monoisotopic (exact) mass is 469 g/mol. The molecule has 2 amide bonds. The summed E-state index contributed by atoms with van der Waals surface area (Å²) in [4.78, 5) is 29.8. The zero-order valence-corrected chi connectivity index (χ0v) is 18.7. The van der Waals surface area contributed by atoms with Crippen molar-refractivity contribution in [1.29, 1.82) is 0 Å². The van der Waals surface area contributed by atoms with E-state index in [1.807, 2.05) is 21.8 Å². The number of anilines is 2. The first-order chi connectivity index (χ1) is 15.8. The minimum atomic E-state index is -3.92. The van der Waals surface area contributed by atoms with Crippen LogP contribution < -0.4 is 14.9 Å². The van der Waals surface area contributed by atoms with E-state index in [0.717, 1.165) is 26.3 Å². The van der Waals surface area contributed by atoms with Crippen LogP contribution in [0.5, 0.6) is 0 Å². The molecule has 1 fully saturated rings. The second-order valence-electron chi connectivity index (χ2n) is 7.68. The molecule has 3 heterocycles. The van der Waals surface area contributed by atoms with Crippen LogP contribution in [-0.2, 0) is 19.6 Å². The van der Waals surface area contributed by atoms with Crippen LogP contribution in [0.15, 0.2) is 60.0 Å². The molecule has 2 N–H and O–H groups in total. The predicted octanol–water partition coefficient (Wildman–Crippen LogP) is 1.34. The van der Waals surface area contributed by atoms with Gasteiger partial charge in [0.25, 0.3) is 10.0 Å². The maximum Gasteiger partial charge on any atom is 0.264 e. The molecule has 1 aliphatic rings. The number of benzene rings is 1. The van der Waals surface area contributed by atoms with Crippen molar-refractivity contribution in [1.82, 2.24) is 24.5 Å². The van der Waals surface area contributed by atoms with Gasteiger partial charge < -0.3 is 10.2 Å². The van der Waals surface area contributed by atoms with Gasteiger partial charge in [-0.3, -0.25) is 14.2 Å². The number of nitrogens with one attached hydrogen (secondary N) is 2. The lowest BCUT2D eigenvalue weighted by molar-refractivity contribution is -0.120. The zero-order valence-electron chi connectivity index (χ0n) is 17.9. The highest BCUT2D eigenvalue weighted by Gasteiger charge is 2.27. The third-order valence-electron chi connectivity index (χ3n) is 5.23. The first-order valence-corrected chi connectivity index (χ1v) is 11.8. The van der Waals surface area contributed by atoms with Gasteiger partial charge in [-0.15, -0.1) is 10.2 Å². The molecule has 172 valence electrons. The molecule has 1 aromatic carbocycles. The number of piperidine rings is 1. The average molecular weight is 470 g/mol. The lowest BCUT2D eigenvalue weighted by Gasteiger charge is -2.32. The molecule has 0 bridgehead atoms. The molecule has 11 nitrogen and oxygen atoms in total. The number of imidazole rings is 1. The lowest BCUT2D eigenvalue weighted by Crippen LogP contribution is -2.41. The third-order valence-corrected chi connectivity index (χ3v) is 6.68. The molecule has 1 aliphatic heterocycles. The van der Waals surface area contributed by atoms with Crippen molar-refractivity contribution in [2.24, 2.45) is 5.92 Å². The van der Waals surface area contributed by atoms with Crippen LogP contribution in [0.1, 0.15) is 19.8 Å². The van der Waals surface area contributed by atoms with Crippen molar-refractivity contribution in [3.05, 3.63) is 55.1 Å². The lowest BCUT2D eigenvalue weighted by atomic mass is 9.97. The number of aromatic nitrogens is 4. The Hall–Kier alpha value is -3.80. The fourth-order valence-corrected chi connectivity index (χ4v) is 4.62. The maximum atomic E-state index is 12.8. The Morgan fingerprint density at radius 1 is 1.06 bits per heavy atom. The van der Waals surface area contributed by atoms with Gasteiger partial charge in [-0.2, -0.15) is 0 Å². The van der Waals surface area contributed by atoms with E-state index < -0.39 is 15.9 Å². The summed E-state index contributed by atoms with van der Waals surface area (Å²) in [6.45, 7) is 2.40. The summed E-state index contributed by atoms with van der Waals surface area (Å²) >= 11 is 0. The van der Waals surface area contributed by atoms with Crippen LogP contribution in [0.2, 0.25) is 0 Å². The summed E-state index contributed by atoms with van der Waals surface area (Å²) < 4.78 is 27.7. The van der Waals surface area contributed by atoms with Crippen molar-refractivity contribution >= 4 is 33.3 Å². The summed E-state index contributed by atoms with van der Waals surface area (Å²) in [5.41, 5.74) is 0.475. The summed E-state index contributed by atoms with van der Waals surface area (Å²) in [5, 5.41) is 11.4. The van der Waals surface area contributed by atoms with Crippen LogP contribution >= 0.6 is 0 Å². The Kier molecular flexibility index (Phi) is 6.36. The first kappa shape index (κ1) is 22.4. The van der Waals surface area contributed by atoms with Crippen molar-refractivity contribution in [2.75, 3.05) is 23.3 Å². The summed E-state index contributed by atoms with van der Waals surface area (Å²) in [5.74, 6) is 0.280. The Balaban J connectivity index is 1.38. The zero-order chi connectivity index (χ0) is 23.4. The van der Waals surface area contributed by atoms with Gasteiger partial charge in [-0.1, -0.05) is 0 Å². The quantitative estimate of drug-likeness (QED) is 0.551. The Labute approximate surface area is 190 Å². The number of nitrogens with zero attached hydrogens (tertiary/aromatic N) is 5. The molecule has 2 aromatic heterocycles. The molecule has 1 atom stereocenters.